The average molecular weight is 438 g/mol. The summed E-state index contributed by atoms with van der Waals surface area (Å²) in [6.07, 6.45) is 0. The molecule has 0 atom stereocenters. The average Bonchev–Trinajstić information content (AvgIpc) is 2.74. The fourth-order valence-electron chi connectivity index (χ4n) is 2.77. The normalized spacial score (nSPS) is 10.2. The molecule has 0 fully saturated rings. The Morgan fingerprint density at radius 1 is 0.500 bits per heavy atom. The molecular formula is C22H14O10. The van der Waals surface area contributed by atoms with Crippen LogP contribution in [0.2, 0.25) is 0 Å². The summed E-state index contributed by atoms with van der Waals surface area (Å²) < 4.78 is 11.3. The fourth-order valence-corrected chi connectivity index (χ4v) is 2.77. The van der Waals surface area contributed by atoms with Crippen molar-refractivity contribution in [2.24, 2.45) is 0 Å². The molecule has 3 aromatic carbocycles. The number of benzene rings is 3. The smallest absolute Gasteiger partial charge is 0.336 e. The molecule has 0 amide bonds. The van der Waals surface area contributed by atoms with Gasteiger partial charge in [0.1, 0.15) is 11.5 Å². The zero-order valence-corrected chi connectivity index (χ0v) is 16.0. The second-order valence-electron chi connectivity index (χ2n) is 6.29. The number of para-hydroxylation sites is 2. The topological polar surface area (TPSA) is 168 Å². The Morgan fingerprint density at radius 3 is 1.16 bits per heavy atom. The lowest BCUT2D eigenvalue weighted by Crippen LogP contribution is -2.08. The molecule has 3 aromatic rings. The van der Waals surface area contributed by atoms with Crippen molar-refractivity contribution in [3.05, 3.63) is 82.9 Å². The largest absolute Gasteiger partial charge is 0.478 e. The fraction of sp³-hybridized carbons (Fsp3) is 0. The van der Waals surface area contributed by atoms with E-state index in [1.807, 2.05) is 0 Å². The first kappa shape index (κ1) is 21.8. The zero-order valence-electron chi connectivity index (χ0n) is 16.0. The number of aromatic carboxylic acids is 4. The summed E-state index contributed by atoms with van der Waals surface area (Å²) >= 11 is 0. The van der Waals surface area contributed by atoms with Crippen LogP contribution in [-0.4, -0.2) is 44.3 Å². The van der Waals surface area contributed by atoms with Crippen LogP contribution in [0, 0.1) is 0 Å². The van der Waals surface area contributed by atoms with E-state index in [0.717, 1.165) is 24.3 Å². The maximum Gasteiger partial charge on any atom is 0.336 e. The van der Waals surface area contributed by atoms with Crippen molar-refractivity contribution in [1.82, 2.24) is 0 Å². The van der Waals surface area contributed by atoms with Crippen molar-refractivity contribution in [3.63, 3.8) is 0 Å². The molecule has 0 spiro atoms. The van der Waals surface area contributed by atoms with Crippen molar-refractivity contribution in [3.8, 4) is 23.0 Å². The van der Waals surface area contributed by atoms with Crippen LogP contribution in [0.1, 0.15) is 41.4 Å². The van der Waals surface area contributed by atoms with E-state index in [-0.39, 0.29) is 23.0 Å². The molecule has 0 aliphatic carbocycles. The molecular weight excluding hydrogens is 424 g/mol. The Morgan fingerprint density at radius 2 is 0.844 bits per heavy atom. The van der Waals surface area contributed by atoms with Gasteiger partial charge in [0, 0.05) is 0 Å². The predicted molar refractivity (Wildman–Crippen MR) is 107 cm³/mol. The minimum absolute atomic E-state index is 0.0240. The highest BCUT2D eigenvalue weighted by molar-refractivity contribution is 6.02. The molecule has 0 saturated carbocycles. The lowest BCUT2D eigenvalue weighted by atomic mass is 10.1. The van der Waals surface area contributed by atoms with Crippen LogP contribution in [-0.2, 0) is 0 Å². The quantitative estimate of drug-likeness (QED) is 0.402. The van der Waals surface area contributed by atoms with Gasteiger partial charge < -0.3 is 29.9 Å². The van der Waals surface area contributed by atoms with Crippen molar-refractivity contribution in [2.45, 2.75) is 0 Å². The maximum atomic E-state index is 11.4. The molecule has 4 N–H and O–H groups in total. The zero-order chi connectivity index (χ0) is 23.4. The summed E-state index contributed by atoms with van der Waals surface area (Å²) in [7, 11) is 0. The van der Waals surface area contributed by atoms with Crippen molar-refractivity contribution >= 4 is 23.9 Å². The standard InChI is InChI=1S/C22H14O10/c23-19(24)13-7-5-11(9-15(13)21(27)28)31-17-3-1-2-4-18(17)32-12-6-8-14(20(25)26)16(10-12)22(29)30/h1-10H,(H,23,24)(H,25,26)(H,27,28)(H,29,30). The first-order valence-electron chi connectivity index (χ1n) is 8.83. The van der Waals surface area contributed by atoms with Gasteiger partial charge in [-0.1, -0.05) is 12.1 Å². The van der Waals surface area contributed by atoms with E-state index >= 15 is 0 Å². The van der Waals surface area contributed by atoms with Crippen LogP contribution >= 0.6 is 0 Å². The van der Waals surface area contributed by atoms with Crippen LogP contribution in [0.3, 0.4) is 0 Å². The Balaban J connectivity index is 1.94. The minimum Gasteiger partial charge on any atom is -0.478 e. The molecule has 32 heavy (non-hydrogen) atoms. The van der Waals surface area contributed by atoms with Gasteiger partial charge in [0.15, 0.2) is 11.5 Å². The van der Waals surface area contributed by atoms with E-state index in [1.54, 1.807) is 12.1 Å². The van der Waals surface area contributed by atoms with Crippen molar-refractivity contribution < 1.29 is 49.1 Å². The van der Waals surface area contributed by atoms with Crippen LogP contribution in [0.25, 0.3) is 0 Å². The van der Waals surface area contributed by atoms with E-state index in [0.29, 0.717) is 0 Å². The third kappa shape index (κ3) is 4.65. The highest BCUT2D eigenvalue weighted by Gasteiger charge is 2.19. The molecule has 0 aliphatic rings. The number of rotatable bonds is 8. The molecule has 3 rings (SSSR count). The number of carbonyl (C=O) groups is 4. The Bertz CT molecular complexity index is 1150. The van der Waals surface area contributed by atoms with E-state index in [1.165, 1.54) is 24.3 Å². The minimum atomic E-state index is -1.45. The lowest BCUT2D eigenvalue weighted by molar-refractivity contribution is 0.0651. The summed E-state index contributed by atoms with van der Waals surface area (Å²) in [6, 6.07) is 13.0. The summed E-state index contributed by atoms with van der Waals surface area (Å²) in [5.41, 5.74) is -1.75. The van der Waals surface area contributed by atoms with Gasteiger partial charge in [-0.2, -0.15) is 0 Å². The summed E-state index contributed by atoms with van der Waals surface area (Å²) in [6.45, 7) is 0. The maximum absolute atomic E-state index is 11.4. The summed E-state index contributed by atoms with van der Waals surface area (Å²) in [5.74, 6) is -5.42. The SMILES string of the molecule is O=C(O)c1ccc(Oc2ccccc2Oc2ccc(C(=O)O)c(C(=O)O)c2)cc1C(=O)O. The molecule has 0 saturated heterocycles. The number of ether oxygens (including phenoxy) is 2. The van der Waals surface area contributed by atoms with Gasteiger partial charge in [-0.3, -0.25) is 0 Å². The molecule has 0 unspecified atom stereocenters. The predicted octanol–water partition coefficient (Wildman–Crippen LogP) is 4.06. The number of carboxylic acids is 4. The van der Waals surface area contributed by atoms with E-state index in [9.17, 15) is 29.4 Å². The molecule has 0 aromatic heterocycles. The Labute approximate surface area is 179 Å². The highest BCUT2D eigenvalue weighted by Crippen LogP contribution is 2.35. The number of hydrogen-bond acceptors (Lipinski definition) is 6. The molecule has 10 heteroatoms. The molecule has 0 heterocycles. The Kier molecular flexibility index (Phi) is 6.06. The second kappa shape index (κ2) is 8.88. The van der Waals surface area contributed by atoms with Gasteiger partial charge in [0.2, 0.25) is 0 Å². The van der Waals surface area contributed by atoms with Crippen LogP contribution < -0.4 is 9.47 Å². The third-order valence-corrected chi connectivity index (χ3v) is 4.21. The van der Waals surface area contributed by atoms with Crippen molar-refractivity contribution in [2.75, 3.05) is 0 Å². The summed E-state index contributed by atoms with van der Waals surface area (Å²) in [4.78, 5) is 45.1. The Hall–Kier alpha value is -4.86. The molecule has 0 radical (unpaired) electrons. The van der Waals surface area contributed by atoms with Gasteiger partial charge >= 0.3 is 23.9 Å². The molecule has 10 nitrogen and oxygen atoms in total. The van der Waals surface area contributed by atoms with E-state index < -0.39 is 46.1 Å². The highest BCUT2D eigenvalue weighted by atomic mass is 16.5. The van der Waals surface area contributed by atoms with Crippen LogP contribution in [0.15, 0.2) is 60.7 Å². The van der Waals surface area contributed by atoms with Crippen LogP contribution in [0.5, 0.6) is 23.0 Å². The number of carboxylic acid groups (broad SMARTS) is 4. The first-order chi connectivity index (χ1) is 15.2. The van der Waals surface area contributed by atoms with Gasteiger partial charge in [0.05, 0.1) is 22.3 Å². The number of hydrogen-bond donors (Lipinski definition) is 4. The third-order valence-electron chi connectivity index (χ3n) is 4.21. The molecule has 162 valence electrons. The first-order valence-corrected chi connectivity index (χ1v) is 8.83. The summed E-state index contributed by atoms with van der Waals surface area (Å²) in [5, 5.41) is 36.7. The van der Waals surface area contributed by atoms with Gasteiger partial charge in [-0.05, 0) is 48.5 Å². The van der Waals surface area contributed by atoms with Crippen LogP contribution in [0.4, 0.5) is 0 Å². The molecule has 0 bridgehead atoms. The van der Waals surface area contributed by atoms with E-state index in [2.05, 4.69) is 0 Å². The van der Waals surface area contributed by atoms with Crippen molar-refractivity contribution in [1.29, 1.82) is 0 Å². The van der Waals surface area contributed by atoms with E-state index in [4.69, 9.17) is 19.7 Å². The lowest BCUT2D eigenvalue weighted by Gasteiger charge is -2.14. The monoisotopic (exact) mass is 438 g/mol. The van der Waals surface area contributed by atoms with Gasteiger partial charge in [-0.15, -0.1) is 0 Å². The van der Waals surface area contributed by atoms with Gasteiger partial charge in [0.25, 0.3) is 0 Å². The second-order valence-corrected chi connectivity index (χ2v) is 6.29. The van der Waals surface area contributed by atoms with Gasteiger partial charge in [-0.25, -0.2) is 19.2 Å². The molecule has 0 aliphatic heterocycles.